The molecule has 1 aromatic heterocycles. The van der Waals surface area contributed by atoms with Gasteiger partial charge in [0.25, 0.3) is 0 Å². The highest BCUT2D eigenvalue weighted by Gasteiger charge is 2.16. The van der Waals surface area contributed by atoms with Crippen LogP contribution in [0.1, 0.15) is 5.69 Å². The van der Waals surface area contributed by atoms with Crippen LogP contribution in [0, 0.1) is 0 Å². The van der Waals surface area contributed by atoms with Gasteiger partial charge >= 0.3 is 0 Å². The highest BCUT2D eigenvalue weighted by Crippen LogP contribution is 2.39. The minimum Gasteiger partial charge on any atom is -0.454 e. The van der Waals surface area contributed by atoms with E-state index in [2.05, 4.69) is 15.5 Å². The summed E-state index contributed by atoms with van der Waals surface area (Å²) in [5.74, 6) is 1.39. The van der Waals surface area contributed by atoms with Gasteiger partial charge in [0.05, 0.1) is 22.9 Å². The lowest BCUT2D eigenvalue weighted by Gasteiger charge is -2.08. The van der Waals surface area contributed by atoms with E-state index in [1.54, 1.807) is 12.3 Å². The number of ether oxygens (including phenoxy) is 2. The summed E-state index contributed by atoms with van der Waals surface area (Å²) < 4.78 is 10.5. The topological polar surface area (TPSA) is 59.2 Å². The molecule has 3 rings (SSSR count). The molecule has 0 radical (unpaired) electrons. The second-order valence-corrected chi connectivity index (χ2v) is 4.03. The van der Waals surface area contributed by atoms with Crippen LogP contribution in [0.2, 0.25) is 5.02 Å². The molecule has 1 aliphatic heterocycles. The van der Waals surface area contributed by atoms with Gasteiger partial charge in [-0.25, -0.2) is 0 Å². The number of rotatable bonds is 3. The van der Waals surface area contributed by atoms with Gasteiger partial charge in [-0.05, 0) is 6.07 Å². The van der Waals surface area contributed by atoms with Crippen molar-refractivity contribution in [2.45, 2.75) is 6.54 Å². The Kier molecular flexibility index (Phi) is 2.53. The zero-order valence-corrected chi connectivity index (χ0v) is 9.62. The number of H-pyrrole nitrogens is 1. The van der Waals surface area contributed by atoms with Crippen LogP contribution in [0.5, 0.6) is 11.5 Å². The monoisotopic (exact) mass is 251 g/mol. The molecular formula is C11H10ClN3O2. The molecule has 0 saturated carbocycles. The molecule has 17 heavy (non-hydrogen) atoms. The third-order valence-corrected chi connectivity index (χ3v) is 2.80. The molecule has 0 atom stereocenters. The van der Waals surface area contributed by atoms with Gasteiger partial charge in [0, 0.05) is 18.3 Å². The molecule has 1 aliphatic rings. The number of halogens is 1. The van der Waals surface area contributed by atoms with Crippen molar-refractivity contribution in [3.8, 4) is 11.5 Å². The Balaban J connectivity index is 1.79. The van der Waals surface area contributed by atoms with Gasteiger partial charge in [0.15, 0.2) is 11.5 Å². The first-order valence-corrected chi connectivity index (χ1v) is 5.52. The summed E-state index contributed by atoms with van der Waals surface area (Å²) in [6.07, 6.45) is 1.71. The highest BCUT2D eigenvalue weighted by atomic mass is 35.5. The average Bonchev–Trinajstić information content (AvgIpc) is 2.95. The zero-order valence-electron chi connectivity index (χ0n) is 8.87. The maximum atomic E-state index is 6.12. The lowest BCUT2D eigenvalue weighted by atomic mass is 10.2. The van der Waals surface area contributed by atoms with Crippen molar-refractivity contribution < 1.29 is 9.47 Å². The number of aromatic nitrogens is 2. The quantitative estimate of drug-likeness (QED) is 0.880. The first-order valence-electron chi connectivity index (χ1n) is 5.14. The lowest BCUT2D eigenvalue weighted by Crippen LogP contribution is -2.00. The minimum absolute atomic E-state index is 0.246. The summed E-state index contributed by atoms with van der Waals surface area (Å²) in [6, 6.07) is 5.48. The van der Waals surface area contributed by atoms with E-state index in [1.807, 2.05) is 12.1 Å². The van der Waals surface area contributed by atoms with Crippen molar-refractivity contribution in [2.24, 2.45) is 0 Å². The van der Waals surface area contributed by atoms with Crippen LogP contribution in [-0.4, -0.2) is 17.0 Å². The molecule has 0 bridgehead atoms. The van der Waals surface area contributed by atoms with Gasteiger partial charge in [-0.15, -0.1) is 0 Å². The standard InChI is InChI=1S/C11H10ClN3O2/c12-8-3-10-11(17-6-16-10)4-9(8)13-5-7-1-2-14-15-7/h1-4,13H,5-6H2,(H,14,15). The summed E-state index contributed by atoms with van der Waals surface area (Å²) >= 11 is 6.12. The van der Waals surface area contributed by atoms with E-state index in [0.717, 1.165) is 11.4 Å². The van der Waals surface area contributed by atoms with Crippen molar-refractivity contribution in [3.63, 3.8) is 0 Å². The van der Waals surface area contributed by atoms with Gasteiger partial charge in [-0.1, -0.05) is 11.6 Å². The zero-order chi connectivity index (χ0) is 11.7. The number of nitrogens with one attached hydrogen (secondary N) is 2. The molecule has 2 heterocycles. The maximum absolute atomic E-state index is 6.12. The third kappa shape index (κ3) is 2.01. The molecule has 2 aromatic rings. The molecule has 0 spiro atoms. The molecule has 1 aromatic carbocycles. The van der Waals surface area contributed by atoms with Crippen LogP contribution in [0.25, 0.3) is 0 Å². The highest BCUT2D eigenvalue weighted by molar-refractivity contribution is 6.33. The first-order chi connectivity index (χ1) is 8.33. The molecule has 0 aliphatic carbocycles. The first kappa shape index (κ1) is 10.3. The van der Waals surface area contributed by atoms with Gasteiger partial charge in [-0.2, -0.15) is 5.10 Å². The Morgan fingerprint density at radius 1 is 1.35 bits per heavy atom. The van der Waals surface area contributed by atoms with E-state index in [1.165, 1.54) is 0 Å². The normalized spacial score (nSPS) is 12.8. The van der Waals surface area contributed by atoms with Crippen molar-refractivity contribution >= 4 is 17.3 Å². The van der Waals surface area contributed by atoms with Crippen molar-refractivity contribution in [1.29, 1.82) is 0 Å². The number of hydrogen-bond donors (Lipinski definition) is 2. The van der Waals surface area contributed by atoms with Gasteiger partial charge in [0.2, 0.25) is 6.79 Å². The molecule has 0 fully saturated rings. The number of anilines is 1. The van der Waals surface area contributed by atoms with Crippen LogP contribution in [-0.2, 0) is 6.54 Å². The van der Waals surface area contributed by atoms with E-state index in [0.29, 0.717) is 23.1 Å². The fourth-order valence-electron chi connectivity index (χ4n) is 1.63. The number of hydrogen-bond acceptors (Lipinski definition) is 4. The molecule has 0 saturated heterocycles. The van der Waals surface area contributed by atoms with E-state index in [9.17, 15) is 0 Å². The molecular weight excluding hydrogens is 242 g/mol. The molecule has 0 amide bonds. The SMILES string of the molecule is Clc1cc2c(cc1NCc1ccn[nH]1)OCO2. The fraction of sp³-hybridized carbons (Fsp3) is 0.182. The van der Waals surface area contributed by atoms with Crippen LogP contribution >= 0.6 is 11.6 Å². The minimum atomic E-state index is 0.246. The Morgan fingerprint density at radius 2 is 2.18 bits per heavy atom. The second-order valence-electron chi connectivity index (χ2n) is 3.62. The number of benzene rings is 1. The van der Waals surface area contributed by atoms with Crippen molar-refractivity contribution in [2.75, 3.05) is 12.1 Å². The Morgan fingerprint density at radius 3 is 2.94 bits per heavy atom. The predicted molar refractivity (Wildman–Crippen MR) is 63.5 cm³/mol. The van der Waals surface area contributed by atoms with Crippen LogP contribution in [0.4, 0.5) is 5.69 Å². The summed E-state index contributed by atoms with van der Waals surface area (Å²) in [4.78, 5) is 0. The fourth-order valence-corrected chi connectivity index (χ4v) is 1.85. The smallest absolute Gasteiger partial charge is 0.231 e. The summed E-state index contributed by atoms with van der Waals surface area (Å²) in [5.41, 5.74) is 1.80. The average molecular weight is 252 g/mol. The van der Waals surface area contributed by atoms with Gasteiger partial charge in [0.1, 0.15) is 0 Å². The molecule has 6 heteroatoms. The summed E-state index contributed by atoms with van der Waals surface area (Å²) in [5, 5.41) is 10.6. The van der Waals surface area contributed by atoms with Crippen molar-refractivity contribution in [3.05, 3.63) is 35.1 Å². The molecule has 88 valence electrons. The van der Waals surface area contributed by atoms with E-state index >= 15 is 0 Å². The second kappa shape index (κ2) is 4.18. The number of nitrogens with zero attached hydrogens (tertiary/aromatic N) is 1. The van der Waals surface area contributed by atoms with Crippen LogP contribution < -0.4 is 14.8 Å². The van der Waals surface area contributed by atoms with Crippen molar-refractivity contribution in [1.82, 2.24) is 10.2 Å². The Bertz CT molecular complexity index is 528. The van der Waals surface area contributed by atoms with E-state index < -0.39 is 0 Å². The third-order valence-electron chi connectivity index (χ3n) is 2.49. The lowest BCUT2D eigenvalue weighted by molar-refractivity contribution is 0.174. The Labute approximate surface area is 103 Å². The summed E-state index contributed by atoms with van der Waals surface area (Å²) in [7, 11) is 0. The summed E-state index contributed by atoms with van der Waals surface area (Å²) in [6.45, 7) is 0.870. The number of fused-ring (bicyclic) bond motifs is 1. The van der Waals surface area contributed by atoms with E-state index in [4.69, 9.17) is 21.1 Å². The van der Waals surface area contributed by atoms with Gasteiger partial charge < -0.3 is 14.8 Å². The predicted octanol–water partition coefficient (Wildman–Crippen LogP) is 2.40. The maximum Gasteiger partial charge on any atom is 0.231 e. The molecule has 0 unspecified atom stereocenters. The van der Waals surface area contributed by atoms with Crippen LogP contribution in [0.15, 0.2) is 24.4 Å². The molecule has 2 N–H and O–H groups in total. The van der Waals surface area contributed by atoms with Crippen LogP contribution in [0.3, 0.4) is 0 Å². The van der Waals surface area contributed by atoms with Gasteiger partial charge in [-0.3, -0.25) is 5.10 Å². The Hall–Kier alpha value is -1.88. The van der Waals surface area contributed by atoms with E-state index in [-0.39, 0.29) is 6.79 Å². The largest absolute Gasteiger partial charge is 0.454 e. The molecule has 5 nitrogen and oxygen atoms in total. The number of aromatic amines is 1.